The highest BCUT2D eigenvalue weighted by molar-refractivity contribution is 5.78. The minimum atomic E-state index is -0.00746. The van der Waals surface area contributed by atoms with Crippen molar-refractivity contribution in [2.45, 2.75) is 12.0 Å². The van der Waals surface area contributed by atoms with Crippen molar-refractivity contribution in [2.24, 2.45) is 0 Å². The molecule has 2 aromatic carbocycles. The van der Waals surface area contributed by atoms with Gasteiger partial charge in [-0.2, -0.15) is 0 Å². The Morgan fingerprint density at radius 1 is 1.11 bits per heavy atom. The van der Waals surface area contributed by atoms with Gasteiger partial charge in [0.05, 0.1) is 28.7 Å². The SMILES string of the molecule is c1ccc2oc(C3NNCC3c3nc4ccc(-n5cnnn5)cc4[nH]3)cc2c1. The predicted molar refractivity (Wildman–Crippen MR) is 102 cm³/mol. The second-order valence-electron chi connectivity index (χ2n) is 6.87. The van der Waals surface area contributed by atoms with E-state index in [4.69, 9.17) is 9.40 Å². The van der Waals surface area contributed by atoms with Crippen molar-refractivity contribution >= 4 is 22.0 Å². The fraction of sp³-hybridized carbons (Fsp3) is 0.158. The summed E-state index contributed by atoms with van der Waals surface area (Å²) in [6.07, 6.45) is 1.57. The molecule has 1 aliphatic rings. The van der Waals surface area contributed by atoms with Crippen LogP contribution < -0.4 is 10.9 Å². The zero-order valence-corrected chi connectivity index (χ0v) is 14.7. The van der Waals surface area contributed by atoms with Gasteiger partial charge < -0.3 is 9.40 Å². The van der Waals surface area contributed by atoms with Gasteiger partial charge in [-0.1, -0.05) is 18.2 Å². The van der Waals surface area contributed by atoms with Crippen LogP contribution in [0.15, 0.2) is 59.3 Å². The smallest absolute Gasteiger partial charge is 0.143 e. The van der Waals surface area contributed by atoms with Gasteiger partial charge in [0.1, 0.15) is 23.5 Å². The molecular formula is C19H16N8O. The van der Waals surface area contributed by atoms with E-state index in [0.29, 0.717) is 0 Å². The Balaban J connectivity index is 1.38. The van der Waals surface area contributed by atoms with Crippen LogP contribution >= 0.6 is 0 Å². The van der Waals surface area contributed by atoms with E-state index in [2.05, 4.69) is 43.5 Å². The van der Waals surface area contributed by atoms with Gasteiger partial charge in [-0.15, -0.1) is 5.10 Å². The average Bonchev–Trinajstić information content (AvgIpc) is 3.52. The second kappa shape index (κ2) is 5.98. The van der Waals surface area contributed by atoms with E-state index < -0.39 is 0 Å². The summed E-state index contributed by atoms with van der Waals surface area (Å²) in [5.41, 5.74) is 10.2. The number of tetrazole rings is 1. The number of para-hydroxylation sites is 1. The fourth-order valence-corrected chi connectivity index (χ4v) is 3.79. The molecule has 0 spiro atoms. The number of hydrogen-bond acceptors (Lipinski definition) is 7. The van der Waals surface area contributed by atoms with Crippen molar-refractivity contribution in [3.05, 3.63) is 66.4 Å². The molecule has 2 unspecified atom stereocenters. The zero-order valence-electron chi connectivity index (χ0n) is 14.7. The monoisotopic (exact) mass is 372 g/mol. The van der Waals surface area contributed by atoms with E-state index in [1.54, 1.807) is 11.0 Å². The summed E-state index contributed by atoms with van der Waals surface area (Å²) in [6.45, 7) is 0.751. The molecule has 28 heavy (non-hydrogen) atoms. The van der Waals surface area contributed by atoms with E-state index in [9.17, 15) is 0 Å². The number of aromatic amines is 1. The number of furan rings is 1. The van der Waals surface area contributed by atoms with Crippen molar-refractivity contribution in [1.29, 1.82) is 0 Å². The van der Waals surface area contributed by atoms with Gasteiger partial charge in [-0.3, -0.25) is 5.43 Å². The number of hydrogen-bond donors (Lipinski definition) is 3. The van der Waals surface area contributed by atoms with Crippen molar-refractivity contribution in [3.8, 4) is 5.69 Å². The Hall–Kier alpha value is -3.56. The molecule has 2 atom stereocenters. The Morgan fingerprint density at radius 2 is 2.07 bits per heavy atom. The van der Waals surface area contributed by atoms with Crippen molar-refractivity contribution in [3.63, 3.8) is 0 Å². The highest BCUT2D eigenvalue weighted by Crippen LogP contribution is 2.35. The van der Waals surface area contributed by atoms with Crippen molar-refractivity contribution in [2.75, 3.05) is 6.54 Å². The van der Waals surface area contributed by atoms with E-state index >= 15 is 0 Å². The van der Waals surface area contributed by atoms with Gasteiger partial charge in [0, 0.05) is 11.9 Å². The number of H-pyrrole nitrogens is 1. The van der Waals surface area contributed by atoms with Crippen LogP contribution in [-0.4, -0.2) is 36.7 Å². The highest BCUT2D eigenvalue weighted by atomic mass is 16.3. The average molecular weight is 372 g/mol. The Bertz CT molecular complexity index is 1240. The first-order valence-corrected chi connectivity index (χ1v) is 9.05. The molecule has 3 aromatic heterocycles. The predicted octanol–water partition coefficient (Wildman–Crippen LogP) is 2.22. The largest absolute Gasteiger partial charge is 0.459 e. The summed E-state index contributed by atoms with van der Waals surface area (Å²) in [5, 5.41) is 12.4. The summed E-state index contributed by atoms with van der Waals surface area (Å²) in [5.74, 6) is 1.92. The maximum atomic E-state index is 6.08. The molecule has 5 aromatic rings. The van der Waals surface area contributed by atoms with Gasteiger partial charge in [0.2, 0.25) is 0 Å². The van der Waals surface area contributed by atoms with E-state index in [1.165, 1.54) is 0 Å². The molecule has 0 radical (unpaired) electrons. The van der Waals surface area contributed by atoms with Crippen LogP contribution in [0.3, 0.4) is 0 Å². The molecular weight excluding hydrogens is 356 g/mol. The standard InChI is InChI=1S/C19H16N8O/c1-2-4-16-11(3-1)7-17(28-16)18-13(9-20-24-18)19-22-14-6-5-12(8-15(14)23-19)27-10-21-25-26-27/h1-8,10,13,18,20,24H,9H2,(H,22,23). The number of nitrogens with one attached hydrogen (secondary N) is 3. The third kappa shape index (κ3) is 2.41. The first-order valence-electron chi connectivity index (χ1n) is 9.05. The topological polar surface area (TPSA) is 109 Å². The molecule has 0 amide bonds. The summed E-state index contributed by atoms with van der Waals surface area (Å²) >= 11 is 0. The maximum Gasteiger partial charge on any atom is 0.143 e. The van der Waals surface area contributed by atoms with Crippen molar-refractivity contribution < 1.29 is 4.42 Å². The Morgan fingerprint density at radius 3 is 2.96 bits per heavy atom. The maximum absolute atomic E-state index is 6.08. The summed E-state index contributed by atoms with van der Waals surface area (Å²) in [7, 11) is 0. The minimum absolute atomic E-state index is 0.00746. The lowest BCUT2D eigenvalue weighted by Crippen LogP contribution is -2.24. The molecule has 6 rings (SSSR count). The number of rotatable bonds is 3. The van der Waals surface area contributed by atoms with Gasteiger partial charge in [0.25, 0.3) is 0 Å². The number of imidazole rings is 1. The number of aromatic nitrogens is 6. The fourth-order valence-electron chi connectivity index (χ4n) is 3.79. The van der Waals surface area contributed by atoms with Crippen molar-refractivity contribution in [1.82, 2.24) is 41.0 Å². The van der Waals surface area contributed by atoms with Crippen LogP contribution in [0, 0.1) is 0 Å². The quantitative estimate of drug-likeness (QED) is 0.445. The molecule has 3 N–H and O–H groups in total. The molecule has 1 aliphatic heterocycles. The zero-order chi connectivity index (χ0) is 18.5. The number of hydrazine groups is 1. The molecule has 9 nitrogen and oxygen atoms in total. The molecule has 4 heterocycles. The number of benzene rings is 2. The Labute approximate surface area is 158 Å². The van der Waals surface area contributed by atoms with Crippen LogP contribution in [0.2, 0.25) is 0 Å². The lowest BCUT2D eigenvalue weighted by Gasteiger charge is -2.13. The highest BCUT2D eigenvalue weighted by Gasteiger charge is 2.34. The van der Waals surface area contributed by atoms with E-state index in [-0.39, 0.29) is 12.0 Å². The third-order valence-electron chi connectivity index (χ3n) is 5.18. The summed E-state index contributed by atoms with van der Waals surface area (Å²) in [6, 6.07) is 16.0. The van der Waals surface area contributed by atoms with E-state index in [0.717, 1.165) is 45.8 Å². The molecule has 0 bridgehead atoms. The van der Waals surface area contributed by atoms with Gasteiger partial charge >= 0.3 is 0 Å². The lowest BCUT2D eigenvalue weighted by molar-refractivity contribution is 0.431. The van der Waals surface area contributed by atoms with Crippen LogP contribution in [0.5, 0.6) is 0 Å². The van der Waals surface area contributed by atoms with Crippen LogP contribution in [0.25, 0.3) is 27.7 Å². The minimum Gasteiger partial charge on any atom is -0.459 e. The third-order valence-corrected chi connectivity index (χ3v) is 5.18. The lowest BCUT2D eigenvalue weighted by atomic mass is 9.99. The molecule has 0 saturated carbocycles. The summed E-state index contributed by atoms with van der Waals surface area (Å²) in [4.78, 5) is 8.27. The number of nitrogens with zero attached hydrogens (tertiary/aromatic N) is 5. The van der Waals surface area contributed by atoms with Crippen LogP contribution in [-0.2, 0) is 0 Å². The second-order valence-corrected chi connectivity index (χ2v) is 6.87. The van der Waals surface area contributed by atoms with Crippen LogP contribution in [0.4, 0.5) is 0 Å². The summed E-state index contributed by atoms with van der Waals surface area (Å²) < 4.78 is 7.70. The number of fused-ring (bicyclic) bond motifs is 2. The normalized spacial score (nSPS) is 19.7. The van der Waals surface area contributed by atoms with Gasteiger partial charge in [0.15, 0.2) is 0 Å². The first kappa shape index (κ1) is 15.5. The molecule has 1 fully saturated rings. The Kier molecular flexibility index (Phi) is 3.31. The molecule has 0 aliphatic carbocycles. The van der Waals surface area contributed by atoms with Gasteiger partial charge in [-0.05, 0) is 40.8 Å². The van der Waals surface area contributed by atoms with Crippen LogP contribution in [0.1, 0.15) is 23.5 Å². The molecule has 1 saturated heterocycles. The first-order chi connectivity index (χ1) is 13.8. The van der Waals surface area contributed by atoms with Gasteiger partial charge in [-0.25, -0.2) is 15.1 Å². The van der Waals surface area contributed by atoms with E-state index in [1.807, 2.05) is 36.4 Å². The molecule has 9 heteroatoms. The molecule has 138 valence electrons.